The van der Waals surface area contributed by atoms with E-state index in [9.17, 15) is 4.79 Å². The maximum absolute atomic E-state index is 12.4. The molecule has 126 valence electrons. The van der Waals surface area contributed by atoms with Gasteiger partial charge in [-0.25, -0.2) is 4.98 Å². The van der Waals surface area contributed by atoms with E-state index in [1.54, 1.807) is 24.7 Å². The SMILES string of the molecule is CCc1ccccc1NC(=O)c1ccc(NCc2ccncc2)cn1. The molecule has 1 amide bonds. The molecule has 0 fully saturated rings. The van der Waals surface area contributed by atoms with Crippen LogP contribution in [0.5, 0.6) is 0 Å². The number of nitrogens with zero attached hydrogens (tertiary/aromatic N) is 2. The summed E-state index contributed by atoms with van der Waals surface area (Å²) in [5.41, 5.74) is 4.32. The van der Waals surface area contributed by atoms with Crippen LogP contribution in [0.2, 0.25) is 0 Å². The third kappa shape index (κ3) is 4.41. The Morgan fingerprint density at radius 2 is 1.84 bits per heavy atom. The first-order valence-corrected chi connectivity index (χ1v) is 8.24. The molecule has 0 unspecified atom stereocenters. The van der Waals surface area contributed by atoms with E-state index in [1.807, 2.05) is 42.5 Å². The summed E-state index contributed by atoms with van der Waals surface area (Å²) >= 11 is 0. The molecule has 5 nitrogen and oxygen atoms in total. The molecular weight excluding hydrogens is 312 g/mol. The van der Waals surface area contributed by atoms with Gasteiger partial charge in [-0.15, -0.1) is 0 Å². The first kappa shape index (κ1) is 16.6. The molecule has 2 N–H and O–H groups in total. The number of amides is 1. The van der Waals surface area contributed by atoms with Gasteiger partial charge in [-0.2, -0.15) is 0 Å². The Morgan fingerprint density at radius 3 is 2.56 bits per heavy atom. The Labute approximate surface area is 147 Å². The third-order valence-corrected chi connectivity index (χ3v) is 3.89. The predicted molar refractivity (Wildman–Crippen MR) is 99.6 cm³/mol. The molecule has 2 heterocycles. The maximum atomic E-state index is 12.4. The van der Waals surface area contributed by atoms with Crippen molar-refractivity contribution in [2.24, 2.45) is 0 Å². The van der Waals surface area contributed by atoms with E-state index >= 15 is 0 Å². The van der Waals surface area contributed by atoms with Crippen molar-refractivity contribution in [1.29, 1.82) is 0 Å². The van der Waals surface area contributed by atoms with Crippen LogP contribution in [0.1, 0.15) is 28.5 Å². The van der Waals surface area contributed by atoms with Crippen LogP contribution in [0.4, 0.5) is 11.4 Å². The lowest BCUT2D eigenvalue weighted by Crippen LogP contribution is -2.14. The van der Waals surface area contributed by atoms with Gasteiger partial charge in [-0.1, -0.05) is 25.1 Å². The lowest BCUT2D eigenvalue weighted by Gasteiger charge is -2.10. The zero-order chi connectivity index (χ0) is 17.5. The van der Waals surface area contributed by atoms with Crippen LogP contribution in [0.15, 0.2) is 67.1 Å². The molecule has 0 spiro atoms. The third-order valence-electron chi connectivity index (χ3n) is 3.89. The number of pyridine rings is 2. The van der Waals surface area contributed by atoms with Crippen LogP contribution < -0.4 is 10.6 Å². The molecule has 25 heavy (non-hydrogen) atoms. The monoisotopic (exact) mass is 332 g/mol. The predicted octanol–water partition coefficient (Wildman–Crippen LogP) is 3.90. The van der Waals surface area contributed by atoms with Gasteiger partial charge in [0.25, 0.3) is 5.91 Å². The molecule has 0 saturated carbocycles. The topological polar surface area (TPSA) is 66.9 Å². The molecule has 0 aliphatic heterocycles. The number of carbonyl (C=O) groups excluding carboxylic acids is 1. The van der Waals surface area contributed by atoms with Gasteiger partial charge in [0, 0.05) is 24.6 Å². The van der Waals surface area contributed by atoms with E-state index in [1.165, 1.54) is 0 Å². The van der Waals surface area contributed by atoms with Gasteiger partial charge in [0.05, 0.1) is 11.9 Å². The molecule has 0 aliphatic carbocycles. The van der Waals surface area contributed by atoms with Crippen molar-refractivity contribution in [2.45, 2.75) is 19.9 Å². The molecule has 3 rings (SSSR count). The normalized spacial score (nSPS) is 10.3. The molecule has 5 heteroatoms. The van der Waals surface area contributed by atoms with E-state index in [2.05, 4.69) is 27.5 Å². The Morgan fingerprint density at radius 1 is 1.04 bits per heavy atom. The smallest absolute Gasteiger partial charge is 0.274 e. The Kier molecular flexibility index (Phi) is 5.36. The number of aryl methyl sites for hydroxylation is 1. The van der Waals surface area contributed by atoms with Crippen LogP contribution in [-0.2, 0) is 13.0 Å². The number of aromatic nitrogens is 2. The summed E-state index contributed by atoms with van der Waals surface area (Å²) in [6, 6.07) is 15.3. The minimum absolute atomic E-state index is 0.207. The molecule has 0 saturated heterocycles. The van der Waals surface area contributed by atoms with Crippen molar-refractivity contribution in [3.8, 4) is 0 Å². The molecular formula is C20H20N4O. The molecule has 3 aromatic rings. The van der Waals surface area contributed by atoms with Gasteiger partial charge in [-0.3, -0.25) is 9.78 Å². The largest absolute Gasteiger partial charge is 0.380 e. The summed E-state index contributed by atoms with van der Waals surface area (Å²) in [5.74, 6) is -0.207. The summed E-state index contributed by atoms with van der Waals surface area (Å²) in [7, 11) is 0. The first-order chi connectivity index (χ1) is 12.3. The summed E-state index contributed by atoms with van der Waals surface area (Å²) in [6.07, 6.45) is 6.05. The van der Waals surface area contributed by atoms with Gasteiger partial charge in [0.15, 0.2) is 0 Å². The van der Waals surface area contributed by atoms with Crippen molar-refractivity contribution in [1.82, 2.24) is 9.97 Å². The fourth-order valence-electron chi connectivity index (χ4n) is 2.47. The number of para-hydroxylation sites is 1. The molecule has 0 atom stereocenters. The number of anilines is 2. The zero-order valence-electron chi connectivity index (χ0n) is 14.1. The number of rotatable bonds is 6. The van der Waals surface area contributed by atoms with Crippen LogP contribution >= 0.6 is 0 Å². The first-order valence-electron chi connectivity index (χ1n) is 8.24. The highest BCUT2D eigenvalue weighted by Gasteiger charge is 2.09. The van der Waals surface area contributed by atoms with E-state index < -0.39 is 0 Å². The van der Waals surface area contributed by atoms with Gasteiger partial charge in [-0.05, 0) is 47.9 Å². The number of benzene rings is 1. The van der Waals surface area contributed by atoms with E-state index in [4.69, 9.17) is 0 Å². The second kappa shape index (κ2) is 8.06. The minimum atomic E-state index is -0.207. The van der Waals surface area contributed by atoms with Crippen LogP contribution in [0.3, 0.4) is 0 Å². The van der Waals surface area contributed by atoms with Crippen molar-refractivity contribution in [3.63, 3.8) is 0 Å². The standard InChI is InChI=1S/C20H20N4O/c1-2-16-5-3-4-6-18(16)24-20(25)19-8-7-17(14-23-19)22-13-15-9-11-21-12-10-15/h3-12,14,22H,2,13H2,1H3,(H,24,25). The lowest BCUT2D eigenvalue weighted by atomic mass is 10.1. The summed E-state index contributed by atoms with van der Waals surface area (Å²) in [4.78, 5) is 20.6. The molecule has 1 aromatic carbocycles. The van der Waals surface area contributed by atoms with E-state index in [0.717, 1.165) is 28.9 Å². The Bertz CT molecular complexity index is 832. The van der Waals surface area contributed by atoms with Gasteiger partial charge in [0.1, 0.15) is 5.69 Å². The van der Waals surface area contributed by atoms with Crippen molar-refractivity contribution >= 4 is 17.3 Å². The molecule has 0 aliphatic rings. The maximum Gasteiger partial charge on any atom is 0.274 e. The quantitative estimate of drug-likeness (QED) is 0.718. The van der Waals surface area contributed by atoms with Gasteiger partial charge < -0.3 is 10.6 Å². The highest BCUT2D eigenvalue weighted by atomic mass is 16.1. The Balaban J connectivity index is 1.62. The second-order valence-electron chi connectivity index (χ2n) is 5.61. The van der Waals surface area contributed by atoms with Crippen molar-refractivity contribution < 1.29 is 4.79 Å². The highest BCUT2D eigenvalue weighted by Crippen LogP contribution is 2.17. The summed E-state index contributed by atoms with van der Waals surface area (Å²) in [6.45, 7) is 2.74. The average Bonchev–Trinajstić information content (AvgIpc) is 2.68. The number of hydrogen-bond donors (Lipinski definition) is 2. The fraction of sp³-hybridized carbons (Fsp3) is 0.150. The fourth-order valence-corrected chi connectivity index (χ4v) is 2.47. The average molecular weight is 332 g/mol. The molecule has 2 aromatic heterocycles. The Hall–Kier alpha value is -3.21. The summed E-state index contributed by atoms with van der Waals surface area (Å²) < 4.78 is 0. The van der Waals surface area contributed by atoms with Crippen molar-refractivity contribution in [3.05, 3.63) is 83.9 Å². The minimum Gasteiger partial charge on any atom is -0.380 e. The van der Waals surface area contributed by atoms with E-state index in [-0.39, 0.29) is 5.91 Å². The van der Waals surface area contributed by atoms with Gasteiger partial charge >= 0.3 is 0 Å². The second-order valence-corrected chi connectivity index (χ2v) is 5.61. The number of carbonyl (C=O) groups is 1. The molecule has 0 radical (unpaired) electrons. The van der Waals surface area contributed by atoms with Crippen LogP contribution in [0, 0.1) is 0 Å². The summed E-state index contributed by atoms with van der Waals surface area (Å²) in [5, 5.41) is 6.20. The molecule has 0 bridgehead atoms. The van der Waals surface area contributed by atoms with E-state index in [0.29, 0.717) is 12.2 Å². The number of hydrogen-bond acceptors (Lipinski definition) is 4. The van der Waals surface area contributed by atoms with Crippen molar-refractivity contribution in [2.75, 3.05) is 10.6 Å². The number of nitrogens with one attached hydrogen (secondary N) is 2. The highest BCUT2D eigenvalue weighted by molar-refractivity contribution is 6.03. The van der Waals surface area contributed by atoms with Crippen LogP contribution in [-0.4, -0.2) is 15.9 Å². The zero-order valence-corrected chi connectivity index (χ0v) is 14.1. The van der Waals surface area contributed by atoms with Gasteiger partial charge in [0.2, 0.25) is 0 Å². The lowest BCUT2D eigenvalue weighted by molar-refractivity contribution is 0.102. The van der Waals surface area contributed by atoms with Crippen LogP contribution in [0.25, 0.3) is 0 Å².